The number of halogens is 1. The Hall–Kier alpha value is -1.85. The molecule has 1 aliphatic carbocycles. The summed E-state index contributed by atoms with van der Waals surface area (Å²) in [4.78, 5) is 4.66. The number of rotatable bonds is 6. The van der Waals surface area contributed by atoms with Crippen LogP contribution in [-0.2, 0) is 16.6 Å². The van der Waals surface area contributed by atoms with E-state index in [0.29, 0.717) is 19.1 Å². The highest BCUT2D eigenvalue weighted by Gasteiger charge is 2.27. The second-order valence-corrected chi connectivity index (χ2v) is 8.83. The quantitative estimate of drug-likeness (QED) is 0.304. The monoisotopic (exact) mass is 528 g/mol. The van der Waals surface area contributed by atoms with Gasteiger partial charge in [-0.15, -0.1) is 24.0 Å². The normalized spacial score (nSPS) is 18.9. The first-order valence-electron chi connectivity index (χ1n) is 9.41. The molecule has 0 aromatic heterocycles. The fourth-order valence-electron chi connectivity index (χ4n) is 3.16. The molecule has 7 nitrogen and oxygen atoms in total. The van der Waals surface area contributed by atoms with Gasteiger partial charge in [0, 0.05) is 18.0 Å². The molecule has 29 heavy (non-hydrogen) atoms. The van der Waals surface area contributed by atoms with Crippen molar-refractivity contribution in [2.24, 2.45) is 10.7 Å². The fourth-order valence-corrected chi connectivity index (χ4v) is 4.46. The molecule has 9 heteroatoms. The van der Waals surface area contributed by atoms with Gasteiger partial charge in [0.05, 0.1) is 24.1 Å². The number of sulfonamides is 1. The average Bonchev–Trinajstić information content (AvgIpc) is 3.50. The van der Waals surface area contributed by atoms with Crippen molar-refractivity contribution in [3.05, 3.63) is 59.7 Å². The Bertz CT molecular complexity index is 975. The Kier molecular flexibility index (Phi) is 7.01. The first-order valence-corrected chi connectivity index (χ1v) is 10.9. The summed E-state index contributed by atoms with van der Waals surface area (Å²) in [5, 5.41) is 3.25. The first-order chi connectivity index (χ1) is 13.5. The summed E-state index contributed by atoms with van der Waals surface area (Å²) in [6.07, 6.45) is 2.64. The van der Waals surface area contributed by atoms with E-state index in [2.05, 4.69) is 15.0 Å². The molecule has 0 radical (unpaired) electrons. The topological polar surface area (TPSA) is 106 Å². The van der Waals surface area contributed by atoms with E-state index in [1.807, 2.05) is 24.3 Å². The van der Waals surface area contributed by atoms with Crippen LogP contribution in [0.15, 0.2) is 58.4 Å². The molecule has 0 amide bonds. The number of nitrogens with zero attached hydrogens (tertiary/aromatic N) is 1. The highest BCUT2D eigenvalue weighted by molar-refractivity contribution is 14.0. The number of nitrogens with one attached hydrogen (secondary N) is 2. The van der Waals surface area contributed by atoms with Crippen molar-refractivity contribution in [2.45, 2.75) is 42.8 Å². The lowest BCUT2D eigenvalue weighted by Gasteiger charge is -2.26. The number of nitrogens with two attached hydrogens (primary N) is 1. The zero-order valence-electron chi connectivity index (χ0n) is 15.9. The molecule has 2 aliphatic rings. The number of fused-ring (bicyclic) bond motifs is 1. The van der Waals surface area contributed by atoms with Gasteiger partial charge in [-0.2, -0.15) is 0 Å². The lowest BCUT2D eigenvalue weighted by molar-refractivity contribution is 0.262. The van der Waals surface area contributed by atoms with E-state index in [4.69, 9.17) is 10.5 Å². The largest absolute Gasteiger partial charge is 0.493 e. The molecule has 4 N–H and O–H groups in total. The van der Waals surface area contributed by atoms with E-state index in [-0.39, 0.29) is 41.0 Å². The van der Waals surface area contributed by atoms with Gasteiger partial charge in [0.2, 0.25) is 10.0 Å². The number of hydrogen-bond donors (Lipinski definition) is 3. The highest BCUT2D eigenvalue weighted by Crippen LogP contribution is 2.31. The van der Waals surface area contributed by atoms with Gasteiger partial charge in [-0.1, -0.05) is 30.3 Å². The van der Waals surface area contributed by atoms with E-state index in [1.165, 1.54) is 0 Å². The van der Waals surface area contributed by atoms with Gasteiger partial charge in [0.1, 0.15) is 5.75 Å². The van der Waals surface area contributed by atoms with Crippen LogP contribution in [0, 0.1) is 0 Å². The predicted molar refractivity (Wildman–Crippen MR) is 123 cm³/mol. The summed E-state index contributed by atoms with van der Waals surface area (Å²) in [5.74, 6) is 1.23. The second kappa shape index (κ2) is 9.31. The molecular weight excluding hydrogens is 503 g/mol. The summed E-state index contributed by atoms with van der Waals surface area (Å²) in [6.45, 7) is 1.01. The summed E-state index contributed by atoms with van der Waals surface area (Å²) in [5.41, 5.74) is 8.03. The SMILES string of the molecule is I.NC(=NCc1ccc(S(=O)(=O)NC2CC2)cc1)NC1CCOc2ccccc21. The minimum absolute atomic E-state index is 0. The molecule has 0 saturated heterocycles. The van der Waals surface area contributed by atoms with Gasteiger partial charge in [0.25, 0.3) is 0 Å². The van der Waals surface area contributed by atoms with Crippen molar-refractivity contribution in [3.8, 4) is 5.75 Å². The Morgan fingerprint density at radius 1 is 1.10 bits per heavy atom. The molecule has 156 valence electrons. The number of para-hydroxylation sites is 1. The Morgan fingerprint density at radius 3 is 2.55 bits per heavy atom. The van der Waals surface area contributed by atoms with Gasteiger partial charge >= 0.3 is 0 Å². The molecule has 1 atom stereocenters. The van der Waals surface area contributed by atoms with Crippen LogP contribution in [-0.4, -0.2) is 27.0 Å². The van der Waals surface area contributed by atoms with E-state index in [0.717, 1.165) is 36.1 Å². The summed E-state index contributed by atoms with van der Waals surface area (Å²) < 4.78 is 32.7. The van der Waals surface area contributed by atoms with Crippen molar-refractivity contribution < 1.29 is 13.2 Å². The molecule has 4 rings (SSSR count). The van der Waals surface area contributed by atoms with Gasteiger partial charge < -0.3 is 15.8 Å². The van der Waals surface area contributed by atoms with Crippen LogP contribution >= 0.6 is 24.0 Å². The third-order valence-corrected chi connectivity index (χ3v) is 6.38. The van der Waals surface area contributed by atoms with Crippen LogP contribution < -0.4 is 20.5 Å². The smallest absolute Gasteiger partial charge is 0.240 e. The molecule has 1 saturated carbocycles. The molecule has 1 heterocycles. The van der Waals surface area contributed by atoms with Crippen LogP contribution in [0.5, 0.6) is 5.75 Å². The zero-order valence-corrected chi connectivity index (χ0v) is 19.0. The van der Waals surface area contributed by atoms with Gasteiger partial charge in [-0.05, 0) is 36.6 Å². The number of benzene rings is 2. The maximum atomic E-state index is 12.2. The molecule has 1 unspecified atom stereocenters. The fraction of sp³-hybridized carbons (Fsp3) is 0.350. The van der Waals surface area contributed by atoms with E-state index in [1.54, 1.807) is 24.3 Å². The van der Waals surface area contributed by atoms with E-state index in [9.17, 15) is 8.42 Å². The maximum absolute atomic E-state index is 12.2. The third-order valence-electron chi connectivity index (χ3n) is 4.85. The van der Waals surface area contributed by atoms with Crippen molar-refractivity contribution in [2.75, 3.05) is 6.61 Å². The lowest BCUT2D eigenvalue weighted by atomic mass is 10.0. The Labute approximate surface area is 188 Å². The predicted octanol–water partition coefficient (Wildman–Crippen LogP) is 2.67. The molecule has 0 spiro atoms. The summed E-state index contributed by atoms with van der Waals surface area (Å²) >= 11 is 0. The number of ether oxygens (including phenoxy) is 1. The number of guanidine groups is 1. The second-order valence-electron chi connectivity index (χ2n) is 7.11. The number of aliphatic imine (C=N–C) groups is 1. The minimum Gasteiger partial charge on any atom is -0.493 e. The molecular formula is C20H25IN4O3S. The van der Waals surface area contributed by atoms with Crippen LogP contribution in [0.25, 0.3) is 0 Å². The lowest BCUT2D eigenvalue weighted by Crippen LogP contribution is -2.37. The Balaban J connectivity index is 0.00000240. The molecule has 0 bridgehead atoms. The molecule has 1 aliphatic heterocycles. The van der Waals surface area contributed by atoms with Gasteiger partial charge in [-0.3, -0.25) is 0 Å². The van der Waals surface area contributed by atoms with E-state index >= 15 is 0 Å². The maximum Gasteiger partial charge on any atom is 0.240 e. The van der Waals surface area contributed by atoms with Crippen molar-refractivity contribution in [1.29, 1.82) is 0 Å². The Morgan fingerprint density at radius 2 is 1.83 bits per heavy atom. The van der Waals surface area contributed by atoms with Crippen molar-refractivity contribution >= 4 is 40.0 Å². The summed E-state index contributed by atoms with van der Waals surface area (Å²) in [6, 6.07) is 14.8. The molecule has 2 aromatic rings. The van der Waals surface area contributed by atoms with Gasteiger partial charge in [-0.25, -0.2) is 18.1 Å². The molecule has 1 fully saturated rings. The molecule has 2 aromatic carbocycles. The third kappa shape index (κ3) is 5.61. The average molecular weight is 528 g/mol. The first kappa shape index (κ1) is 21.8. The van der Waals surface area contributed by atoms with Crippen LogP contribution in [0.2, 0.25) is 0 Å². The van der Waals surface area contributed by atoms with Crippen molar-refractivity contribution in [1.82, 2.24) is 10.0 Å². The van der Waals surface area contributed by atoms with Crippen LogP contribution in [0.4, 0.5) is 0 Å². The van der Waals surface area contributed by atoms with E-state index < -0.39 is 10.0 Å². The standard InChI is InChI=1S/C20H24N4O3S.HI/c21-20(23-18-11-12-27-19-4-2-1-3-17(18)19)22-13-14-5-9-16(10-6-14)28(25,26)24-15-7-8-15;/h1-6,9-10,15,18,24H,7-8,11-13H2,(H3,21,22,23);1H. The highest BCUT2D eigenvalue weighted by atomic mass is 127. The zero-order chi connectivity index (χ0) is 19.6. The van der Waals surface area contributed by atoms with Gasteiger partial charge in [0.15, 0.2) is 5.96 Å². The minimum atomic E-state index is -3.43. The van der Waals surface area contributed by atoms with Crippen LogP contribution in [0.1, 0.15) is 36.4 Å². The van der Waals surface area contributed by atoms with Crippen molar-refractivity contribution in [3.63, 3.8) is 0 Å². The van der Waals surface area contributed by atoms with Crippen LogP contribution in [0.3, 0.4) is 0 Å². The number of hydrogen-bond acceptors (Lipinski definition) is 4. The summed E-state index contributed by atoms with van der Waals surface area (Å²) in [7, 11) is -3.43.